The Bertz CT molecular complexity index is 1900. The highest BCUT2D eigenvalue weighted by atomic mass is 19.4. The summed E-state index contributed by atoms with van der Waals surface area (Å²) in [6.45, 7) is 3.67. The van der Waals surface area contributed by atoms with Crippen LogP contribution in [0.2, 0.25) is 0 Å². The normalized spacial score (nSPS) is 15.5. The van der Waals surface area contributed by atoms with Crippen LogP contribution in [0.1, 0.15) is 45.8 Å². The Kier molecular flexibility index (Phi) is 9.46. The van der Waals surface area contributed by atoms with Gasteiger partial charge < -0.3 is 26.4 Å². The van der Waals surface area contributed by atoms with Crippen LogP contribution in [0, 0.1) is 0 Å². The number of hydrogen-bond acceptors (Lipinski definition) is 9. The predicted octanol–water partition coefficient (Wildman–Crippen LogP) is 5.66. The molecule has 5 aromatic rings. The number of likely N-dealkylation sites (N-methyl/N-ethyl adjacent to an activating group) is 1. The number of anilines is 3. The van der Waals surface area contributed by atoms with Gasteiger partial charge in [0, 0.05) is 56.4 Å². The SMILES string of the molecule is CN1CCN(Cc2ccc(N)cc2C(F)(F)F)CC1.Nc1nccc(Oc2ccc3c(C(=O)Nc4cccc(C5CC5)c4)cnn3c2)n1. The van der Waals surface area contributed by atoms with E-state index in [0.717, 1.165) is 37.9 Å². The number of amides is 1. The topological polar surface area (TPSA) is 140 Å². The van der Waals surface area contributed by atoms with Crippen molar-refractivity contribution in [3.63, 3.8) is 0 Å². The van der Waals surface area contributed by atoms with Gasteiger partial charge in [-0.15, -0.1) is 0 Å². The van der Waals surface area contributed by atoms with Crippen molar-refractivity contribution in [3.05, 3.63) is 102 Å². The number of carbonyl (C=O) groups excluding carboxylic acids is 1. The number of benzene rings is 2. The summed E-state index contributed by atoms with van der Waals surface area (Å²) in [5, 5.41) is 7.24. The first kappa shape index (κ1) is 32.7. The molecule has 0 unspecified atom stereocenters. The van der Waals surface area contributed by atoms with Crippen LogP contribution >= 0.6 is 0 Å². The molecule has 2 fully saturated rings. The number of halogens is 3. The van der Waals surface area contributed by atoms with E-state index in [2.05, 4.69) is 31.3 Å². The van der Waals surface area contributed by atoms with Gasteiger partial charge in [-0.2, -0.15) is 23.3 Å². The average molecular weight is 660 g/mol. The maximum absolute atomic E-state index is 13.0. The fourth-order valence-corrected chi connectivity index (χ4v) is 5.46. The highest BCUT2D eigenvalue weighted by molar-refractivity contribution is 6.08. The molecule has 0 spiro atoms. The molecule has 14 heteroatoms. The molecule has 0 bridgehead atoms. The molecule has 1 amide bonds. The zero-order valence-electron chi connectivity index (χ0n) is 26.3. The summed E-state index contributed by atoms with van der Waals surface area (Å²) in [6.07, 6.45) is 2.83. The lowest BCUT2D eigenvalue weighted by Gasteiger charge is -2.32. The summed E-state index contributed by atoms with van der Waals surface area (Å²) in [4.78, 5) is 24.8. The van der Waals surface area contributed by atoms with Crippen LogP contribution in [0.4, 0.5) is 30.5 Å². The molecule has 1 saturated heterocycles. The Labute approximate surface area is 275 Å². The molecule has 3 aromatic heterocycles. The second-order valence-corrected chi connectivity index (χ2v) is 12.0. The number of ether oxygens (including phenoxy) is 1. The van der Waals surface area contributed by atoms with Gasteiger partial charge >= 0.3 is 6.18 Å². The molecule has 1 saturated carbocycles. The fraction of sp³-hybridized carbons (Fsp3) is 0.294. The van der Waals surface area contributed by atoms with Crippen molar-refractivity contribution in [2.75, 3.05) is 50.0 Å². The van der Waals surface area contributed by atoms with Crippen LogP contribution in [0.3, 0.4) is 0 Å². The summed E-state index contributed by atoms with van der Waals surface area (Å²) in [7, 11) is 2.02. The van der Waals surface area contributed by atoms with Gasteiger partial charge in [-0.1, -0.05) is 18.2 Å². The molecular formula is C34H36F3N9O2. The Hall–Kier alpha value is -5.21. The van der Waals surface area contributed by atoms with E-state index in [9.17, 15) is 18.0 Å². The molecule has 11 nitrogen and oxygen atoms in total. The molecule has 0 radical (unpaired) electrons. The fourth-order valence-electron chi connectivity index (χ4n) is 5.46. The number of alkyl halides is 3. The third-order valence-corrected chi connectivity index (χ3v) is 8.23. The molecule has 4 heterocycles. The smallest absolute Gasteiger partial charge is 0.416 e. The van der Waals surface area contributed by atoms with Crippen LogP contribution in [0.15, 0.2) is 79.3 Å². The van der Waals surface area contributed by atoms with Crippen LogP contribution in [0.25, 0.3) is 5.52 Å². The van der Waals surface area contributed by atoms with E-state index < -0.39 is 11.7 Å². The molecule has 1 aliphatic carbocycles. The lowest BCUT2D eigenvalue weighted by atomic mass is 10.1. The summed E-state index contributed by atoms with van der Waals surface area (Å²) in [5.74, 6) is 1.41. The van der Waals surface area contributed by atoms with Crippen molar-refractivity contribution >= 4 is 28.7 Å². The summed E-state index contributed by atoms with van der Waals surface area (Å²) in [6, 6.07) is 17.2. The van der Waals surface area contributed by atoms with Gasteiger partial charge in [0.1, 0.15) is 5.75 Å². The highest BCUT2D eigenvalue weighted by Crippen LogP contribution is 2.40. The lowest BCUT2D eigenvalue weighted by molar-refractivity contribution is -0.138. The molecule has 1 aliphatic heterocycles. The molecule has 0 atom stereocenters. The Balaban J connectivity index is 0.000000184. The van der Waals surface area contributed by atoms with Gasteiger partial charge in [0.15, 0.2) is 0 Å². The summed E-state index contributed by atoms with van der Waals surface area (Å²) < 4.78 is 46.2. The van der Waals surface area contributed by atoms with E-state index in [4.69, 9.17) is 16.2 Å². The molecule has 2 aromatic carbocycles. The van der Waals surface area contributed by atoms with Gasteiger partial charge in [-0.3, -0.25) is 9.69 Å². The number of nitrogens with zero attached hydrogens (tertiary/aromatic N) is 6. The zero-order valence-corrected chi connectivity index (χ0v) is 26.3. The monoisotopic (exact) mass is 659 g/mol. The molecule has 250 valence electrons. The molecule has 7 rings (SSSR count). The van der Waals surface area contributed by atoms with E-state index in [0.29, 0.717) is 40.7 Å². The number of hydrogen-bond donors (Lipinski definition) is 3. The van der Waals surface area contributed by atoms with E-state index in [1.165, 1.54) is 36.7 Å². The summed E-state index contributed by atoms with van der Waals surface area (Å²) >= 11 is 0. The maximum Gasteiger partial charge on any atom is 0.416 e. The van der Waals surface area contributed by atoms with Crippen molar-refractivity contribution in [1.82, 2.24) is 29.4 Å². The van der Waals surface area contributed by atoms with Gasteiger partial charge in [-0.05, 0) is 73.3 Å². The van der Waals surface area contributed by atoms with Crippen molar-refractivity contribution in [3.8, 4) is 11.6 Å². The Morgan fingerprint density at radius 1 is 1.02 bits per heavy atom. The summed E-state index contributed by atoms with van der Waals surface area (Å²) in [5.41, 5.74) is 14.1. The lowest BCUT2D eigenvalue weighted by Crippen LogP contribution is -2.44. The average Bonchev–Trinajstić information content (AvgIpc) is 3.82. The first-order valence-electron chi connectivity index (χ1n) is 15.5. The second kappa shape index (κ2) is 13.9. The van der Waals surface area contributed by atoms with Crippen LogP contribution in [0.5, 0.6) is 11.6 Å². The number of fused-ring (bicyclic) bond motifs is 1. The van der Waals surface area contributed by atoms with E-state index in [-0.39, 0.29) is 17.5 Å². The molecule has 5 N–H and O–H groups in total. The van der Waals surface area contributed by atoms with Crippen molar-refractivity contribution in [2.24, 2.45) is 0 Å². The van der Waals surface area contributed by atoms with E-state index >= 15 is 0 Å². The van der Waals surface area contributed by atoms with Gasteiger partial charge in [0.2, 0.25) is 11.8 Å². The van der Waals surface area contributed by atoms with Crippen molar-refractivity contribution in [2.45, 2.75) is 31.5 Å². The Morgan fingerprint density at radius 3 is 2.54 bits per heavy atom. The first-order valence-corrected chi connectivity index (χ1v) is 15.5. The number of pyridine rings is 1. The molecular weight excluding hydrogens is 623 g/mol. The number of nitrogen functional groups attached to an aromatic ring is 2. The third-order valence-electron chi connectivity index (χ3n) is 8.23. The zero-order chi connectivity index (χ0) is 33.8. The standard InChI is InChI=1S/C21H18N6O2.C13H18F3N3/c22-21-23-9-8-19(26-21)29-16-6-7-18-17(11-24-27(18)12-16)20(28)25-15-3-1-2-14(10-15)13-4-5-13;1-18-4-6-19(7-5-18)9-10-2-3-11(17)8-12(10)13(14,15)16/h1-3,6-13H,4-5H2,(H,25,28)(H2,22,23,26);2-3,8H,4-7,9,17H2,1H3. The number of nitrogens with one attached hydrogen (secondary N) is 1. The van der Waals surface area contributed by atoms with Crippen LogP contribution < -0.4 is 21.5 Å². The second-order valence-electron chi connectivity index (χ2n) is 12.0. The van der Waals surface area contributed by atoms with E-state index in [1.807, 2.05) is 30.1 Å². The molecule has 2 aliphatic rings. The van der Waals surface area contributed by atoms with Crippen LogP contribution in [-0.4, -0.2) is 68.5 Å². The largest absolute Gasteiger partial charge is 0.437 e. The quantitative estimate of drug-likeness (QED) is 0.189. The van der Waals surface area contributed by atoms with Crippen LogP contribution in [-0.2, 0) is 12.7 Å². The predicted molar refractivity (Wildman–Crippen MR) is 177 cm³/mol. The van der Waals surface area contributed by atoms with Gasteiger partial charge in [0.25, 0.3) is 5.91 Å². The van der Waals surface area contributed by atoms with E-state index in [1.54, 1.807) is 35.1 Å². The van der Waals surface area contributed by atoms with Gasteiger partial charge in [0.05, 0.1) is 29.0 Å². The minimum absolute atomic E-state index is 0.132. The number of nitrogens with two attached hydrogens (primary N) is 2. The van der Waals surface area contributed by atoms with Crippen molar-refractivity contribution < 1.29 is 22.7 Å². The highest BCUT2D eigenvalue weighted by Gasteiger charge is 2.34. The first-order chi connectivity index (χ1) is 23.0. The maximum atomic E-state index is 13.0. The number of carbonyl (C=O) groups is 1. The third kappa shape index (κ3) is 8.19. The minimum Gasteiger partial charge on any atom is -0.437 e. The number of aromatic nitrogens is 4. The molecule has 48 heavy (non-hydrogen) atoms. The number of rotatable bonds is 7. The van der Waals surface area contributed by atoms with Crippen molar-refractivity contribution in [1.29, 1.82) is 0 Å². The minimum atomic E-state index is -4.35. The number of piperazine rings is 1. The Morgan fingerprint density at radius 2 is 1.81 bits per heavy atom. The van der Waals surface area contributed by atoms with Gasteiger partial charge in [-0.25, -0.2) is 9.50 Å².